The lowest BCUT2D eigenvalue weighted by Gasteiger charge is -2.17. The Labute approximate surface area is 128 Å². The molecule has 1 amide bonds. The zero-order valence-corrected chi connectivity index (χ0v) is 11.8. The number of carboxylic acids is 1. The molecule has 0 unspecified atom stereocenters. The molecule has 0 radical (unpaired) electrons. The van der Waals surface area contributed by atoms with Crippen LogP contribution in [0.1, 0.15) is 11.1 Å². The molecular weight excluding hydrogens is 282 g/mol. The lowest BCUT2D eigenvalue weighted by molar-refractivity contribution is -0.171. The summed E-state index contributed by atoms with van der Waals surface area (Å²) < 4.78 is 0. The number of hydrogen-bond acceptors (Lipinski definition) is 3. The van der Waals surface area contributed by atoms with Gasteiger partial charge in [0, 0.05) is 0 Å². The Morgan fingerprint density at radius 2 is 1.64 bits per heavy atom. The van der Waals surface area contributed by atoms with Crippen LogP contribution in [0.3, 0.4) is 0 Å². The highest BCUT2D eigenvalue weighted by atomic mass is 16.7. The van der Waals surface area contributed by atoms with E-state index in [0.717, 1.165) is 10.6 Å². The molecule has 5 nitrogen and oxygen atoms in total. The number of carbonyl (C=O) groups is 2. The van der Waals surface area contributed by atoms with Gasteiger partial charge in [0.25, 0.3) is 0 Å². The summed E-state index contributed by atoms with van der Waals surface area (Å²) in [6, 6.07) is 18.0. The second-order valence-electron chi connectivity index (χ2n) is 4.44. The maximum absolute atomic E-state index is 11.4. The summed E-state index contributed by atoms with van der Waals surface area (Å²) in [6.07, 6.45) is 1.72. The predicted octanol–water partition coefficient (Wildman–Crippen LogP) is 2.70. The van der Waals surface area contributed by atoms with Crippen molar-refractivity contribution in [2.75, 3.05) is 0 Å². The Kier molecular flexibility index (Phi) is 5.45. The fraction of sp³-hybridized carbons (Fsp3) is 0.0588. The van der Waals surface area contributed by atoms with Gasteiger partial charge in [-0.05, 0) is 17.2 Å². The summed E-state index contributed by atoms with van der Waals surface area (Å²) in [5, 5.41) is 10.0. The maximum Gasteiger partial charge on any atom is 0.355 e. The summed E-state index contributed by atoms with van der Waals surface area (Å²) in [5.41, 5.74) is 1.24. The number of hydroxylamine groups is 2. The molecule has 112 valence electrons. The molecule has 0 aliphatic rings. The van der Waals surface area contributed by atoms with Gasteiger partial charge in [-0.2, -0.15) is 5.06 Å². The van der Waals surface area contributed by atoms with Crippen molar-refractivity contribution in [1.82, 2.24) is 5.06 Å². The lowest BCUT2D eigenvalue weighted by atomic mass is 10.2. The molecule has 5 heteroatoms. The highest BCUT2D eigenvalue weighted by Crippen LogP contribution is 2.12. The van der Waals surface area contributed by atoms with Crippen molar-refractivity contribution in [3.8, 4) is 0 Å². The minimum Gasteiger partial charge on any atom is -0.476 e. The number of carbonyl (C=O) groups excluding carboxylic acids is 1. The molecule has 0 aromatic heterocycles. The Bertz CT molecular complexity index is 653. The first-order chi connectivity index (χ1) is 10.7. The van der Waals surface area contributed by atoms with Crippen molar-refractivity contribution in [2.45, 2.75) is 6.61 Å². The van der Waals surface area contributed by atoms with Crippen LogP contribution < -0.4 is 0 Å². The molecule has 0 fully saturated rings. The highest BCUT2D eigenvalue weighted by Gasteiger charge is 2.17. The van der Waals surface area contributed by atoms with Gasteiger partial charge in [0.1, 0.15) is 6.61 Å². The Morgan fingerprint density at radius 3 is 2.18 bits per heavy atom. The van der Waals surface area contributed by atoms with Gasteiger partial charge in [0.05, 0.1) is 0 Å². The normalized spacial score (nSPS) is 11.0. The van der Waals surface area contributed by atoms with E-state index in [9.17, 15) is 14.7 Å². The van der Waals surface area contributed by atoms with Gasteiger partial charge in [-0.25, -0.2) is 4.79 Å². The number of aliphatic carboxylic acids is 1. The number of nitrogens with zero attached hydrogens (tertiary/aromatic N) is 1. The van der Waals surface area contributed by atoms with Gasteiger partial charge < -0.3 is 5.11 Å². The first kappa shape index (κ1) is 15.5. The molecule has 0 saturated heterocycles. The quantitative estimate of drug-likeness (QED) is 0.485. The van der Waals surface area contributed by atoms with Gasteiger partial charge in [-0.1, -0.05) is 60.7 Å². The van der Waals surface area contributed by atoms with Crippen molar-refractivity contribution < 1.29 is 19.5 Å². The first-order valence-corrected chi connectivity index (χ1v) is 6.62. The monoisotopic (exact) mass is 297 g/mol. The first-order valence-electron chi connectivity index (χ1n) is 6.62. The molecule has 0 aliphatic carbocycles. The Hall–Kier alpha value is -2.92. The van der Waals surface area contributed by atoms with Crippen molar-refractivity contribution in [3.63, 3.8) is 0 Å². The summed E-state index contributed by atoms with van der Waals surface area (Å²) >= 11 is 0. The molecule has 0 heterocycles. The van der Waals surface area contributed by atoms with Crippen LogP contribution in [-0.2, 0) is 21.0 Å². The van der Waals surface area contributed by atoms with Gasteiger partial charge in [0.2, 0.25) is 6.41 Å². The molecule has 2 aromatic carbocycles. The van der Waals surface area contributed by atoms with Crippen LogP contribution in [0.2, 0.25) is 0 Å². The average Bonchev–Trinajstić information content (AvgIpc) is 2.56. The number of amides is 1. The lowest BCUT2D eigenvalue weighted by Crippen LogP contribution is -2.26. The zero-order chi connectivity index (χ0) is 15.8. The fourth-order valence-corrected chi connectivity index (χ4v) is 1.80. The van der Waals surface area contributed by atoms with Crippen molar-refractivity contribution >= 4 is 18.5 Å². The van der Waals surface area contributed by atoms with E-state index >= 15 is 0 Å². The topological polar surface area (TPSA) is 66.8 Å². The minimum atomic E-state index is -1.25. The second kappa shape index (κ2) is 7.75. The number of hydrogen-bond donors (Lipinski definition) is 1. The minimum absolute atomic E-state index is 0.0962. The molecule has 22 heavy (non-hydrogen) atoms. The van der Waals surface area contributed by atoms with Crippen LogP contribution in [0.25, 0.3) is 6.08 Å². The Morgan fingerprint density at radius 1 is 1.05 bits per heavy atom. The van der Waals surface area contributed by atoms with Gasteiger partial charge in [-0.3, -0.25) is 9.63 Å². The maximum atomic E-state index is 11.4. The van der Waals surface area contributed by atoms with E-state index in [2.05, 4.69) is 0 Å². The molecule has 2 rings (SSSR count). The molecule has 0 spiro atoms. The van der Waals surface area contributed by atoms with E-state index in [-0.39, 0.29) is 12.3 Å². The molecule has 0 aliphatic heterocycles. The molecule has 1 N–H and O–H groups in total. The molecular formula is C17H15NO4. The van der Waals surface area contributed by atoms with Crippen LogP contribution >= 0.6 is 0 Å². The average molecular weight is 297 g/mol. The molecule has 0 atom stereocenters. The summed E-state index contributed by atoms with van der Waals surface area (Å²) in [7, 11) is 0. The number of carboxylic acid groups (broad SMARTS) is 1. The standard InChI is InChI=1S/C17H15NO4/c19-13-18(22-12-15-9-5-2-6-10-15)16(17(20)21)11-14-7-3-1-4-8-14/h1-11,13H,12H2,(H,20,21)/b16-11+. The zero-order valence-electron chi connectivity index (χ0n) is 11.8. The van der Waals surface area contributed by atoms with E-state index in [1.54, 1.807) is 24.3 Å². The summed E-state index contributed by atoms with van der Waals surface area (Å²) in [4.78, 5) is 27.8. The third-order valence-electron chi connectivity index (χ3n) is 2.87. The highest BCUT2D eigenvalue weighted by molar-refractivity contribution is 5.93. The van der Waals surface area contributed by atoms with Gasteiger partial charge in [0.15, 0.2) is 5.70 Å². The van der Waals surface area contributed by atoms with E-state index in [4.69, 9.17) is 4.84 Å². The van der Waals surface area contributed by atoms with Gasteiger partial charge >= 0.3 is 5.97 Å². The number of benzene rings is 2. The van der Waals surface area contributed by atoms with Crippen molar-refractivity contribution in [1.29, 1.82) is 0 Å². The van der Waals surface area contributed by atoms with Crippen LogP contribution in [0, 0.1) is 0 Å². The largest absolute Gasteiger partial charge is 0.476 e. The second-order valence-corrected chi connectivity index (χ2v) is 4.44. The van der Waals surface area contributed by atoms with Crippen LogP contribution in [-0.4, -0.2) is 22.5 Å². The molecule has 0 bridgehead atoms. The third-order valence-corrected chi connectivity index (χ3v) is 2.87. The van der Waals surface area contributed by atoms with Gasteiger partial charge in [-0.15, -0.1) is 0 Å². The van der Waals surface area contributed by atoms with E-state index < -0.39 is 5.97 Å². The van der Waals surface area contributed by atoms with Crippen molar-refractivity contribution in [3.05, 3.63) is 77.5 Å². The number of rotatable bonds is 7. The smallest absolute Gasteiger partial charge is 0.355 e. The third kappa shape index (κ3) is 4.29. The van der Waals surface area contributed by atoms with Crippen LogP contribution in [0.15, 0.2) is 66.4 Å². The van der Waals surface area contributed by atoms with Crippen LogP contribution in [0.5, 0.6) is 0 Å². The van der Waals surface area contributed by atoms with E-state index in [0.29, 0.717) is 12.0 Å². The van der Waals surface area contributed by atoms with Crippen LogP contribution in [0.4, 0.5) is 0 Å². The molecule has 2 aromatic rings. The summed E-state index contributed by atoms with van der Waals surface area (Å²) in [6.45, 7) is 0.0962. The summed E-state index contributed by atoms with van der Waals surface area (Å²) in [5.74, 6) is -1.25. The van der Waals surface area contributed by atoms with Crippen molar-refractivity contribution in [2.24, 2.45) is 0 Å². The fourth-order valence-electron chi connectivity index (χ4n) is 1.80. The predicted molar refractivity (Wildman–Crippen MR) is 81.2 cm³/mol. The van der Waals surface area contributed by atoms with E-state index in [1.807, 2.05) is 36.4 Å². The SMILES string of the molecule is O=CN(OCc1ccccc1)/C(=C/c1ccccc1)C(=O)O. The Balaban J connectivity index is 2.16. The molecule has 0 saturated carbocycles. The van der Waals surface area contributed by atoms with E-state index in [1.165, 1.54) is 6.08 Å².